The number of likely N-dealkylation sites (tertiary alicyclic amines) is 1. The van der Waals surface area contributed by atoms with Gasteiger partial charge in [0.1, 0.15) is 0 Å². The van der Waals surface area contributed by atoms with Crippen LogP contribution in [0.25, 0.3) is 0 Å². The Morgan fingerprint density at radius 3 is 2.36 bits per heavy atom. The van der Waals surface area contributed by atoms with E-state index in [4.69, 9.17) is 11.6 Å². The molecule has 1 aliphatic rings. The molecule has 0 aromatic heterocycles. The quantitative estimate of drug-likeness (QED) is 0.568. The van der Waals surface area contributed by atoms with E-state index in [1.807, 2.05) is 37.2 Å². The number of carbonyl (C=O) groups excluding carboxylic acids is 3. The molecule has 1 heterocycles. The third-order valence-electron chi connectivity index (χ3n) is 6.08. The molecule has 2 atom stereocenters. The lowest BCUT2D eigenvalue weighted by Gasteiger charge is -2.30. The zero-order chi connectivity index (χ0) is 24.2. The predicted octanol–water partition coefficient (Wildman–Crippen LogP) is 2.48. The Kier molecular flexibility index (Phi) is 7.89. The number of hydrogen-bond donors (Lipinski definition) is 1. The number of amides is 3. The van der Waals surface area contributed by atoms with Crippen molar-refractivity contribution in [3.63, 3.8) is 0 Å². The molecule has 3 amide bonds. The second-order valence-corrected chi connectivity index (χ2v) is 9.18. The summed E-state index contributed by atoms with van der Waals surface area (Å²) in [6.45, 7) is 0.828. The van der Waals surface area contributed by atoms with E-state index in [9.17, 15) is 19.5 Å². The largest absolute Gasteiger partial charge is 0.387 e. The molecule has 1 saturated heterocycles. The van der Waals surface area contributed by atoms with Gasteiger partial charge >= 0.3 is 0 Å². The average Bonchev–Trinajstić information content (AvgIpc) is 3.02. The highest BCUT2D eigenvalue weighted by atomic mass is 35.5. The smallest absolute Gasteiger partial charge is 0.240 e. The van der Waals surface area contributed by atoms with E-state index in [2.05, 4.69) is 0 Å². The number of benzene rings is 2. The summed E-state index contributed by atoms with van der Waals surface area (Å²) in [6.07, 6.45) is -1.20. The summed E-state index contributed by atoms with van der Waals surface area (Å²) >= 11 is 6.45. The first kappa shape index (κ1) is 24.9. The van der Waals surface area contributed by atoms with Gasteiger partial charge in [0, 0.05) is 38.0 Å². The summed E-state index contributed by atoms with van der Waals surface area (Å²) in [5.74, 6) is -1.07. The fourth-order valence-corrected chi connectivity index (χ4v) is 4.47. The van der Waals surface area contributed by atoms with Crippen LogP contribution in [0.2, 0.25) is 5.02 Å². The molecule has 1 aliphatic heterocycles. The van der Waals surface area contributed by atoms with E-state index in [-0.39, 0.29) is 37.7 Å². The summed E-state index contributed by atoms with van der Waals surface area (Å²) in [5, 5.41) is 10.9. The molecule has 3 rings (SSSR count). The van der Waals surface area contributed by atoms with Crippen LogP contribution in [0.5, 0.6) is 0 Å². The van der Waals surface area contributed by atoms with E-state index in [0.717, 1.165) is 0 Å². The Labute approximate surface area is 199 Å². The number of carbonyl (C=O) groups is 3. The fraction of sp³-hybridized carbons (Fsp3) is 0.400. The van der Waals surface area contributed by atoms with Crippen molar-refractivity contribution in [2.24, 2.45) is 0 Å². The van der Waals surface area contributed by atoms with Crippen molar-refractivity contribution in [3.05, 3.63) is 70.7 Å². The van der Waals surface area contributed by atoms with Gasteiger partial charge in [-0.15, -0.1) is 0 Å². The highest BCUT2D eigenvalue weighted by Crippen LogP contribution is 2.43. The maximum atomic E-state index is 13.6. The third kappa shape index (κ3) is 5.43. The number of halogens is 1. The molecule has 0 saturated carbocycles. The van der Waals surface area contributed by atoms with Crippen molar-refractivity contribution in [2.75, 3.05) is 40.8 Å². The molecule has 0 unspecified atom stereocenters. The summed E-state index contributed by atoms with van der Waals surface area (Å²) in [4.78, 5) is 44.3. The molecule has 176 valence electrons. The molecular weight excluding hydrogens is 442 g/mol. The Morgan fingerprint density at radius 2 is 1.73 bits per heavy atom. The van der Waals surface area contributed by atoms with Crippen molar-refractivity contribution in [1.29, 1.82) is 0 Å². The van der Waals surface area contributed by atoms with Gasteiger partial charge in [-0.1, -0.05) is 60.1 Å². The van der Waals surface area contributed by atoms with Gasteiger partial charge in [-0.3, -0.25) is 19.3 Å². The van der Waals surface area contributed by atoms with E-state index in [0.29, 0.717) is 22.7 Å². The van der Waals surface area contributed by atoms with Crippen LogP contribution < -0.4 is 0 Å². The van der Waals surface area contributed by atoms with Crippen LogP contribution in [0, 0.1) is 0 Å². The number of hydrogen-bond acceptors (Lipinski definition) is 5. The Balaban J connectivity index is 1.87. The molecule has 33 heavy (non-hydrogen) atoms. The first-order valence-electron chi connectivity index (χ1n) is 10.9. The van der Waals surface area contributed by atoms with Crippen LogP contribution in [-0.2, 0) is 19.8 Å². The number of likely N-dealkylation sites (N-methyl/N-ethyl adjacent to an activating group) is 2. The maximum Gasteiger partial charge on any atom is 0.240 e. The number of nitrogens with zero attached hydrogens (tertiary/aromatic N) is 3. The Bertz CT molecular complexity index is 1010. The van der Waals surface area contributed by atoms with E-state index < -0.39 is 17.4 Å². The highest BCUT2D eigenvalue weighted by molar-refractivity contribution is 6.32. The molecule has 7 nitrogen and oxygen atoms in total. The molecule has 2 aromatic carbocycles. The standard InChI is InChI=1S/C25H30ClN3O4/c1-27(2)13-14-29-23(32)16-25(24(29)33,19-11-7-8-12-20(19)26)15-22(31)28(3)17-21(30)18-9-5-4-6-10-18/h4-12,21,30H,13-17H2,1-3H3/t21-,25+/m0/s1. The predicted molar refractivity (Wildman–Crippen MR) is 127 cm³/mol. The van der Waals surface area contributed by atoms with Gasteiger partial charge in [-0.2, -0.15) is 0 Å². The molecule has 0 spiro atoms. The van der Waals surface area contributed by atoms with E-state index in [1.54, 1.807) is 43.4 Å². The molecule has 0 radical (unpaired) electrons. The summed E-state index contributed by atoms with van der Waals surface area (Å²) in [6, 6.07) is 15.9. The second kappa shape index (κ2) is 10.5. The SMILES string of the molecule is CN(C)CCN1C(=O)C[C@](CC(=O)N(C)C[C@H](O)c2ccccc2)(c2ccccc2Cl)C1=O. The fourth-order valence-electron chi connectivity index (χ4n) is 4.16. The van der Waals surface area contributed by atoms with Gasteiger partial charge in [-0.05, 0) is 31.3 Å². The van der Waals surface area contributed by atoms with Crippen molar-refractivity contribution in [1.82, 2.24) is 14.7 Å². The number of imide groups is 1. The van der Waals surface area contributed by atoms with Gasteiger partial charge < -0.3 is 14.9 Å². The first-order chi connectivity index (χ1) is 15.7. The van der Waals surface area contributed by atoms with Gasteiger partial charge in [0.05, 0.1) is 18.1 Å². The molecule has 8 heteroatoms. The molecule has 1 fully saturated rings. The van der Waals surface area contributed by atoms with Crippen LogP contribution in [-0.4, -0.2) is 78.3 Å². The lowest BCUT2D eigenvalue weighted by molar-refractivity contribution is -0.142. The average molecular weight is 472 g/mol. The van der Waals surface area contributed by atoms with Crippen molar-refractivity contribution in [3.8, 4) is 0 Å². The van der Waals surface area contributed by atoms with Crippen LogP contribution in [0.1, 0.15) is 30.1 Å². The van der Waals surface area contributed by atoms with Crippen LogP contribution in [0.4, 0.5) is 0 Å². The van der Waals surface area contributed by atoms with Crippen molar-refractivity contribution < 1.29 is 19.5 Å². The first-order valence-corrected chi connectivity index (χ1v) is 11.2. The summed E-state index contributed by atoms with van der Waals surface area (Å²) in [5.41, 5.74) is -0.201. The highest BCUT2D eigenvalue weighted by Gasteiger charge is 2.54. The zero-order valence-corrected chi connectivity index (χ0v) is 20.0. The lowest BCUT2D eigenvalue weighted by atomic mass is 9.75. The van der Waals surface area contributed by atoms with E-state index >= 15 is 0 Å². The molecule has 0 bridgehead atoms. The van der Waals surface area contributed by atoms with Crippen molar-refractivity contribution in [2.45, 2.75) is 24.4 Å². The van der Waals surface area contributed by atoms with Crippen LogP contribution in [0.3, 0.4) is 0 Å². The normalized spacial score (nSPS) is 19.3. The second-order valence-electron chi connectivity index (χ2n) is 8.77. The molecular formula is C25H30ClN3O4. The van der Waals surface area contributed by atoms with Crippen molar-refractivity contribution >= 4 is 29.3 Å². The topological polar surface area (TPSA) is 81.2 Å². The molecule has 1 N–H and O–H groups in total. The number of aliphatic hydroxyl groups is 1. The third-order valence-corrected chi connectivity index (χ3v) is 6.41. The van der Waals surface area contributed by atoms with E-state index in [1.165, 1.54) is 9.80 Å². The minimum Gasteiger partial charge on any atom is -0.387 e. The molecule has 0 aliphatic carbocycles. The maximum absolute atomic E-state index is 13.6. The van der Waals surface area contributed by atoms with Crippen LogP contribution >= 0.6 is 11.6 Å². The zero-order valence-electron chi connectivity index (χ0n) is 19.2. The number of rotatable bonds is 9. The molecule has 2 aromatic rings. The number of aliphatic hydroxyl groups excluding tert-OH is 1. The van der Waals surface area contributed by atoms with Gasteiger partial charge in [0.2, 0.25) is 17.7 Å². The minimum atomic E-state index is -1.37. The Morgan fingerprint density at radius 1 is 1.09 bits per heavy atom. The van der Waals surface area contributed by atoms with Crippen LogP contribution in [0.15, 0.2) is 54.6 Å². The minimum absolute atomic E-state index is 0.0634. The monoisotopic (exact) mass is 471 g/mol. The lowest BCUT2D eigenvalue weighted by Crippen LogP contribution is -2.44. The summed E-state index contributed by atoms with van der Waals surface area (Å²) in [7, 11) is 5.31. The van der Waals surface area contributed by atoms with Gasteiger partial charge in [0.25, 0.3) is 0 Å². The Hall–Kier alpha value is -2.74. The van der Waals surface area contributed by atoms with Gasteiger partial charge in [0.15, 0.2) is 0 Å². The van der Waals surface area contributed by atoms with Gasteiger partial charge in [-0.25, -0.2) is 0 Å². The summed E-state index contributed by atoms with van der Waals surface area (Å²) < 4.78 is 0.